The number of aryl methyl sites for hydroxylation is 2. The zero-order valence-corrected chi connectivity index (χ0v) is 19.7. The number of hydrogen-bond donors (Lipinski definition) is 1. The van der Waals surface area contributed by atoms with Gasteiger partial charge in [-0.1, -0.05) is 35.9 Å². The van der Waals surface area contributed by atoms with Gasteiger partial charge in [0.05, 0.1) is 10.6 Å². The molecule has 6 heteroatoms. The summed E-state index contributed by atoms with van der Waals surface area (Å²) in [6, 6.07) is 16.3. The van der Waals surface area contributed by atoms with Gasteiger partial charge in [-0.05, 0) is 85.2 Å². The molecule has 30 heavy (non-hydrogen) atoms. The van der Waals surface area contributed by atoms with E-state index >= 15 is 0 Å². The van der Waals surface area contributed by atoms with Crippen molar-refractivity contribution in [1.82, 2.24) is 9.88 Å². The van der Waals surface area contributed by atoms with Crippen LogP contribution in [0.4, 0.5) is 5.69 Å². The molecule has 3 aromatic rings. The Bertz CT molecular complexity index is 1210. The van der Waals surface area contributed by atoms with Crippen molar-refractivity contribution >= 4 is 50.5 Å². The maximum absolute atomic E-state index is 12.6. The minimum Gasteiger partial charge on any atom is -0.317 e. The molecule has 1 N–H and O–H groups in total. The number of amides is 1. The highest BCUT2D eigenvalue weighted by Crippen LogP contribution is 2.35. The van der Waals surface area contributed by atoms with Crippen molar-refractivity contribution in [2.24, 2.45) is 4.99 Å². The number of para-hydroxylation sites is 1. The summed E-state index contributed by atoms with van der Waals surface area (Å²) in [6.07, 6.45) is 1.94. The maximum atomic E-state index is 12.6. The minimum absolute atomic E-state index is 0.125. The summed E-state index contributed by atoms with van der Waals surface area (Å²) in [5.74, 6) is -0.125. The van der Waals surface area contributed by atoms with Crippen LogP contribution < -0.4 is 5.32 Å². The van der Waals surface area contributed by atoms with Crippen LogP contribution in [0.5, 0.6) is 0 Å². The molecular formula is C24H22BrN3OS. The molecule has 1 fully saturated rings. The zero-order chi connectivity index (χ0) is 21.4. The van der Waals surface area contributed by atoms with Crippen molar-refractivity contribution in [3.63, 3.8) is 0 Å². The van der Waals surface area contributed by atoms with Crippen LogP contribution in [0.2, 0.25) is 0 Å². The number of amidine groups is 1. The fraction of sp³-hybridized carbons (Fsp3) is 0.167. The molecule has 1 aliphatic rings. The van der Waals surface area contributed by atoms with Gasteiger partial charge < -0.3 is 9.88 Å². The van der Waals surface area contributed by atoms with Crippen LogP contribution in [-0.2, 0) is 4.79 Å². The van der Waals surface area contributed by atoms with Gasteiger partial charge in [0.1, 0.15) is 0 Å². The van der Waals surface area contributed by atoms with Gasteiger partial charge in [0.2, 0.25) is 0 Å². The average Bonchev–Trinajstić information content (AvgIpc) is 3.16. The second-order valence-corrected chi connectivity index (χ2v) is 9.16. The molecule has 2 aromatic carbocycles. The first-order valence-electron chi connectivity index (χ1n) is 9.65. The number of rotatable bonds is 3. The lowest BCUT2D eigenvalue weighted by molar-refractivity contribution is -0.115. The van der Waals surface area contributed by atoms with Crippen LogP contribution in [0.25, 0.3) is 11.8 Å². The molecule has 0 spiro atoms. The molecule has 0 aliphatic carbocycles. The van der Waals surface area contributed by atoms with Gasteiger partial charge in [-0.25, -0.2) is 4.99 Å². The predicted octanol–water partition coefficient (Wildman–Crippen LogP) is 6.37. The first-order chi connectivity index (χ1) is 14.3. The number of carbonyl (C=O) groups is 1. The van der Waals surface area contributed by atoms with Crippen molar-refractivity contribution in [1.29, 1.82) is 0 Å². The fourth-order valence-corrected chi connectivity index (χ4v) is 5.00. The lowest BCUT2D eigenvalue weighted by Crippen LogP contribution is -2.19. The third-order valence-electron chi connectivity index (χ3n) is 5.13. The second kappa shape index (κ2) is 8.28. The number of thioether (sulfide) groups is 1. The number of halogens is 1. The van der Waals surface area contributed by atoms with Crippen LogP contribution >= 0.6 is 27.7 Å². The number of hydrogen-bond acceptors (Lipinski definition) is 3. The molecule has 0 unspecified atom stereocenters. The highest BCUT2D eigenvalue weighted by atomic mass is 79.9. The van der Waals surface area contributed by atoms with E-state index in [1.54, 1.807) is 0 Å². The summed E-state index contributed by atoms with van der Waals surface area (Å²) in [4.78, 5) is 17.9. The van der Waals surface area contributed by atoms with Gasteiger partial charge in [0, 0.05) is 27.1 Å². The molecule has 4 nitrogen and oxygen atoms in total. The molecule has 152 valence electrons. The molecule has 4 rings (SSSR count). The predicted molar refractivity (Wildman–Crippen MR) is 130 cm³/mol. The Morgan fingerprint density at radius 2 is 1.77 bits per heavy atom. The summed E-state index contributed by atoms with van der Waals surface area (Å²) in [6.45, 7) is 8.22. The highest BCUT2D eigenvalue weighted by molar-refractivity contribution is 9.10. The molecule has 1 aliphatic heterocycles. The van der Waals surface area contributed by atoms with Gasteiger partial charge >= 0.3 is 0 Å². The van der Waals surface area contributed by atoms with E-state index in [1.165, 1.54) is 17.3 Å². The van der Waals surface area contributed by atoms with Crippen molar-refractivity contribution in [3.8, 4) is 5.69 Å². The van der Waals surface area contributed by atoms with E-state index in [4.69, 9.17) is 0 Å². The number of aromatic nitrogens is 1. The zero-order valence-electron chi connectivity index (χ0n) is 17.3. The molecule has 0 radical (unpaired) electrons. The molecule has 2 heterocycles. The van der Waals surface area contributed by atoms with Crippen molar-refractivity contribution in [2.75, 3.05) is 0 Å². The Hall–Kier alpha value is -2.57. The molecule has 1 amide bonds. The van der Waals surface area contributed by atoms with Crippen LogP contribution in [0.1, 0.15) is 28.1 Å². The van der Waals surface area contributed by atoms with Gasteiger partial charge in [0.25, 0.3) is 5.91 Å². The molecule has 1 aromatic heterocycles. The summed E-state index contributed by atoms with van der Waals surface area (Å²) in [5, 5.41) is 3.49. The van der Waals surface area contributed by atoms with Gasteiger partial charge in [-0.2, -0.15) is 0 Å². The van der Waals surface area contributed by atoms with Crippen LogP contribution in [0.3, 0.4) is 0 Å². The SMILES string of the molecule is Cc1ccc(N=C2NC(=O)/C(=C/c3c(Br)c(C)n(-c4ccccc4)c3C)S2)c(C)c1. The number of benzene rings is 2. The number of aliphatic imine (C=N–C) groups is 1. The first kappa shape index (κ1) is 20.7. The third-order valence-corrected chi connectivity index (χ3v) is 7.04. The lowest BCUT2D eigenvalue weighted by atomic mass is 10.1. The Balaban J connectivity index is 1.69. The van der Waals surface area contributed by atoms with Gasteiger partial charge in [-0.3, -0.25) is 4.79 Å². The van der Waals surface area contributed by atoms with Crippen molar-refractivity contribution in [2.45, 2.75) is 27.7 Å². The van der Waals surface area contributed by atoms with Crippen molar-refractivity contribution < 1.29 is 4.79 Å². The Morgan fingerprint density at radius 1 is 1.03 bits per heavy atom. The number of nitrogens with one attached hydrogen (secondary N) is 1. The Kier molecular flexibility index (Phi) is 5.71. The quantitative estimate of drug-likeness (QED) is 0.443. The molecule has 0 bridgehead atoms. The van der Waals surface area contributed by atoms with E-state index in [0.29, 0.717) is 10.1 Å². The minimum atomic E-state index is -0.125. The summed E-state index contributed by atoms with van der Waals surface area (Å²) in [7, 11) is 0. The Morgan fingerprint density at radius 3 is 2.47 bits per heavy atom. The highest BCUT2D eigenvalue weighted by Gasteiger charge is 2.26. The maximum Gasteiger partial charge on any atom is 0.264 e. The van der Waals surface area contributed by atoms with Crippen molar-refractivity contribution in [3.05, 3.63) is 86.0 Å². The van der Waals surface area contributed by atoms with E-state index in [-0.39, 0.29) is 5.91 Å². The van der Waals surface area contributed by atoms with E-state index in [2.05, 4.69) is 69.8 Å². The average molecular weight is 480 g/mol. The molecule has 0 saturated carbocycles. The summed E-state index contributed by atoms with van der Waals surface area (Å²) in [5.41, 5.74) is 7.42. The third kappa shape index (κ3) is 3.89. The molecular weight excluding hydrogens is 458 g/mol. The van der Waals surface area contributed by atoms with Gasteiger partial charge in [0.15, 0.2) is 5.17 Å². The van der Waals surface area contributed by atoms with Crippen LogP contribution in [0, 0.1) is 27.7 Å². The largest absolute Gasteiger partial charge is 0.317 e. The normalized spacial score (nSPS) is 16.5. The molecule has 1 saturated heterocycles. The lowest BCUT2D eigenvalue weighted by Gasteiger charge is -2.09. The number of nitrogens with zero attached hydrogens (tertiary/aromatic N) is 2. The molecule has 0 atom stereocenters. The monoisotopic (exact) mass is 479 g/mol. The van der Waals surface area contributed by atoms with E-state index in [0.717, 1.165) is 38.4 Å². The Labute approximate surface area is 189 Å². The van der Waals surface area contributed by atoms with Gasteiger partial charge in [-0.15, -0.1) is 0 Å². The standard InChI is InChI=1S/C24H22BrN3OS/c1-14-10-11-20(15(2)12-14)26-24-27-23(29)21(30-24)13-19-16(3)28(17(4)22(19)25)18-8-6-5-7-9-18/h5-13H,1-4H3,(H,26,27,29)/b21-13-. The smallest absolute Gasteiger partial charge is 0.264 e. The van der Waals surface area contributed by atoms with E-state index < -0.39 is 0 Å². The number of carbonyl (C=O) groups excluding carboxylic acids is 1. The van der Waals surface area contributed by atoms with E-state index in [9.17, 15) is 4.79 Å². The van der Waals surface area contributed by atoms with Crippen LogP contribution in [-0.4, -0.2) is 15.6 Å². The second-order valence-electron chi connectivity index (χ2n) is 7.34. The fourth-order valence-electron chi connectivity index (χ4n) is 3.61. The topological polar surface area (TPSA) is 46.4 Å². The summed E-state index contributed by atoms with van der Waals surface area (Å²) >= 11 is 5.09. The first-order valence-corrected chi connectivity index (χ1v) is 11.3. The van der Waals surface area contributed by atoms with E-state index in [1.807, 2.05) is 43.3 Å². The summed E-state index contributed by atoms with van der Waals surface area (Å²) < 4.78 is 3.18. The van der Waals surface area contributed by atoms with Crippen LogP contribution in [0.15, 0.2) is 62.9 Å².